The molecule has 3 N–H and O–H groups in total. The van der Waals surface area contributed by atoms with Crippen LogP contribution in [0, 0.1) is 0 Å². The van der Waals surface area contributed by atoms with Crippen LogP contribution in [0.3, 0.4) is 0 Å². The molecule has 35 heavy (non-hydrogen) atoms. The van der Waals surface area contributed by atoms with Gasteiger partial charge in [-0.3, -0.25) is 14.9 Å². The number of aromatic nitrogens is 2. The molecule has 0 bridgehead atoms. The third-order valence-electron chi connectivity index (χ3n) is 6.49. The quantitative estimate of drug-likeness (QED) is 0.373. The second-order valence-electron chi connectivity index (χ2n) is 8.69. The van der Waals surface area contributed by atoms with Crippen LogP contribution in [-0.2, 0) is 17.6 Å². The number of fused-ring (bicyclic) bond motifs is 3. The van der Waals surface area contributed by atoms with Gasteiger partial charge < -0.3 is 19.8 Å². The third-order valence-corrected chi connectivity index (χ3v) is 7.54. The van der Waals surface area contributed by atoms with Crippen LogP contribution in [0.5, 0.6) is 11.5 Å². The van der Waals surface area contributed by atoms with Crippen molar-refractivity contribution in [1.82, 2.24) is 15.3 Å². The van der Waals surface area contributed by atoms with Crippen molar-refractivity contribution in [3.8, 4) is 11.5 Å². The first-order chi connectivity index (χ1) is 17.2. The molecule has 2 aromatic carbocycles. The molecule has 2 amide bonds. The molecule has 6 rings (SSSR count). The number of nitrogens with zero attached hydrogens (tertiary/aromatic N) is 1. The van der Waals surface area contributed by atoms with Crippen LogP contribution in [0.4, 0.5) is 5.13 Å². The highest BCUT2D eigenvalue weighted by molar-refractivity contribution is 7.16. The summed E-state index contributed by atoms with van der Waals surface area (Å²) in [6.07, 6.45) is 5.30. The highest BCUT2D eigenvalue weighted by Crippen LogP contribution is 2.37. The predicted molar refractivity (Wildman–Crippen MR) is 133 cm³/mol. The number of anilines is 1. The van der Waals surface area contributed by atoms with Crippen molar-refractivity contribution < 1.29 is 19.1 Å². The molecule has 1 unspecified atom stereocenters. The van der Waals surface area contributed by atoms with E-state index < -0.39 is 0 Å². The van der Waals surface area contributed by atoms with Gasteiger partial charge in [0, 0.05) is 34.1 Å². The second kappa shape index (κ2) is 9.07. The topological polar surface area (TPSA) is 105 Å². The lowest BCUT2D eigenvalue weighted by Gasteiger charge is -2.20. The molecule has 0 spiro atoms. The Morgan fingerprint density at radius 2 is 2.03 bits per heavy atom. The highest BCUT2D eigenvalue weighted by Gasteiger charge is 2.30. The Morgan fingerprint density at radius 1 is 1.14 bits per heavy atom. The van der Waals surface area contributed by atoms with E-state index in [1.165, 1.54) is 22.3 Å². The molecule has 8 nitrogen and oxygen atoms in total. The number of rotatable bonds is 6. The van der Waals surface area contributed by atoms with Crippen molar-refractivity contribution in [2.75, 3.05) is 18.7 Å². The molecule has 1 atom stereocenters. The number of amides is 2. The number of hydrogen-bond donors (Lipinski definition) is 3. The normalized spacial score (nSPS) is 16.2. The van der Waals surface area contributed by atoms with Gasteiger partial charge in [-0.2, -0.15) is 0 Å². The number of hydrogen-bond acceptors (Lipinski definition) is 6. The molecule has 1 aliphatic heterocycles. The van der Waals surface area contributed by atoms with Crippen molar-refractivity contribution in [3.05, 3.63) is 70.4 Å². The van der Waals surface area contributed by atoms with Gasteiger partial charge in [0.25, 0.3) is 5.91 Å². The van der Waals surface area contributed by atoms with Gasteiger partial charge in [0.05, 0.1) is 11.6 Å². The van der Waals surface area contributed by atoms with Gasteiger partial charge in [-0.25, -0.2) is 4.98 Å². The average molecular weight is 489 g/mol. The van der Waals surface area contributed by atoms with Crippen LogP contribution in [-0.4, -0.2) is 35.1 Å². The van der Waals surface area contributed by atoms with E-state index in [0.29, 0.717) is 28.7 Å². The maximum Gasteiger partial charge on any atom is 0.257 e. The van der Waals surface area contributed by atoms with Crippen LogP contribution >= 0.6 is 11.3 Å². The molecule has 2 aliphatic rings. The summed E-state index contributed by atoms with van der Waals surface area (Å²) in [6.45, 7) is 0.717. The number of aryl methyl sites for hydroxylation is 1. The van der Waals surface area contributed by atoms with E-state index in [2.05, 4.69) is 26.7 Å². The van der Waals surface area contributed by atoms with Gasteiger partial charge in [0.1, 0.15) is 0 Å². The molecule has 2 aromatic heterocycles. The van der Waals surface area contributed by atoms with Gasteiger partial charge in [-0.05, 0) is 55.5 Å². The fourth-order valence-corrected chi connectivity index (χ4v) is 5.78. The standard InChI is InChI=1S/C26H24N4O4S/c31-24(15-8-9-20-21(12-15)34-14-33-20)30-26-29-23-18(5-3-7-22(23)35-26)25(32)27-11-10-16-13-28-19-6-2-1-4-17(16)19/h1-2,4,6,8-9,12-13,18,28H,3,5,7,10-11,14H2,(H,27,32)(H,29,30,31). The SMILES string of the molecule is O=C(Nc1nc2c(s1)CCCC2C(=O)NCCc1c[nH]c2ccccc12)c1ccc2c(c1)OCO2. The summed E-state index contributed by atoms with van der Waals surface area (Å²) in [5, 5.41) is 7.67. The summed E-state index contributed by atoms with van der Waals surface area (Å²) >= 11 is 1.45. The third kappa shape index (κ3) is 4.23. The Labute approximate surface area is 205 Å². The largest absolute Gasteiger partial charge is 0.454 e. The average Bonchev–Trinajstić information content (AvgIpc) is 3.61. The van der Waals surface area contributed by atoms with E-state index in [1.54, 1.807) is 18.2 Å². The number of carbonyl (C=O) groups excluding carboxylic acids is 2. The zero-order chi connectivity index (χ0) is 23.8. The zero-order valence-electron chi connectivity index (χ0n) is 18.9. The first kappa shape index (κ1) is 21.7. The molecule has 3 heterocycles. The van der Waals surface area contributed by atoms with Crippen LogP contribution in [0.1, 0.15) is 45.3 Å². The maximum atomic E-state index is 13.0. The molecule has 0 radical (unpaired) electrons. The smallest absolute Gasteiger partial charge is 0.257 e. The summed E-state index contributed by atoms with van der Waals surface area (Å²) < 4.78 is 10.7. The van der Waals surface area contributed by atoms with Crippen molar-refractivity contribution in [2.45, 2.75) is 31.6 Å². The lowest BCUT2D eigenvalue weighted by atomic mass is 9.90. The molecule has 178 valence electrons. The van der Waals surface area contributed by atoms with Crippen LogP contribution in [0.2, 0.25) is 0 Å². The van der Waals surface area contributed by atoms with Crippen LogP contribution in [0.15, 0.2) is 48.7 Å². The van der Waals surface area contributed by atoms with E-state index in [0.717, 1.165) is 41.8 Å². The minimum absolute atomic E-state index is 0.00950. The van der Waals surface area contributed by atoms with Gasteiger partial charge in [-0.15, -0.1) is 11.3 Å². The first-order valence-electron chi connectivity index (χ1n) is 11.7. The number of benzene rings is 2. The van der Waals surface area contributed by atoms with Crippen LogP contribution < -0.4 is 20.1 Å². The van der Waals surface area contributed by atoms with Crippen LogP contribution in [0.25, 0.3) is 10.9 Å². The maximum absolute atomic E-state index is 13.0. The zero-order valence-corrected chi connectivity index (χ0v) is 19.7. The molecule has 4 aromatic rings. The summed E-state index contributed by atoms with van der Waals surface area (Å²) in [5.41, 5.74) is 3.54. The first-order valence-corrected chi connectivity index (χ1v) is 12.5. The predicted octanol–water partition coefficient (Wildman–Crippen LogP) is 4.38. The van der Waals surface area contributed by atoms with E-state index in [4.69, 9.17) is 9.47 Å². The minimum Gasteiger partial charge on any atom is -0.454 e. The number of aromatic amines is 1. The van der Waals surface area contributed by atoms with Crippen molar-refractivity contribution in [1.29, 1.82) is 0 Å². The highest BCUT2D eigenvalue weighted by atomic mass is 32.1. The molecular weight excluding hydrogens is 464 g/mol. The number of nitrogens with one attached hydrogen (secondary N) is 3. The van der Waals surface area contributed by atoms with Gasteiger partial charge in [0.2, 0.25) is 12.7 Å². The van der Waals surface area contributed by atoms with E-state index >= 15 is 0 Å². The lowest BCUT2D eigenvalue weighted by Crippen LogP contribution is -2.32. The fourth-order valence-electron chi connectivity index (χ4n) is 4.72. The van der Waals surface area contributed by atoms with Crippen molar-refractivity contribution >= 4 is 39.2 Å². The molecule has 1 aliphatic carbocycles. The molecule has 0 saturated heterocycles. The lowest BCUT2D eigenvalue weighted by molar-refractivity contribution is -0.122. The number of ether oxygens (including phenoxy) is 2. The second-order valence-corrected chi connectivity index (χ2v) is 9.78. The van der Waals surface area contributed by atoms with Gasteiger partial charge >= 0.3 is 0 Å². The Balaban J connectivity index is 1.11. The monoisotopic (exact) mass is 488 g/mol. The number of para-hydroxylation sites is 1. The number of thiazole rings is 1. The van der Waals surface area contributed by atoms with E-state index in [-0.39, 0.29) is 24.5 Å². The van der Waals surface area contributed by atoms with E-state index in [9.17, 15) is 9.59 Å². The Kier molecular flexibility index (Phi) is 5.61. The summed E-state index contributed by atoms with van der Waals surface area (Å²) in [5.74, 6) is 0.610. The Hall–Kier alpha value is -3.85. The molecule has 9 heteroatoms. The van der Waals surface area contributed by atoms with Gasteiger partial charge in [0.15, 0.2) is 16.6 Å². The number of carbonyl (C=O) groups is 2. The van der Waals surface area contributed by atoms with Gasteiger partial charge in [-0.1, -0.05) is 18.2 Å². The van der Waals surface area contributed by atoms with E-state index in [1.807, 2.05) is 24.4 Å². The Morgan fingerprint density at radius 3 is 2.97 bits per heavy atom. The summed E-state index contributed by atoms with van der Waals surface area (Å²) in [6, 6.07) is 13.2. The molecular formula is C26H24N4O4S. The summed E-state index contributed by atoms with van der Waals surface area (Å²) in [7, 11) is 0. The fraction of sp³-hybridized carbons (Fsp3) is 0.269. The Bertz CT molecular complexity index is 1430. The van der Waals surface area contributed by atoms with Crippen molar-refractivity contribution in [3.63, 3.8) is 0 Å². The minimum atomic E-state index is -0.297. The number of H-pyrrole nitrogens is 1. The van der Waals surface area contributed by atoms with Crippen molar-refractivity contribution in [2.24, 2.45) is 0 Å². The summed E-state index contributed by atoms with van der Waals surface area (Å²) in [4.78, 5) is 34.8. The molecule has 0 fully saturated rings. The molecule has 0 saturated carbocycles.